The molecule has 2 amide bonds. The van der Waals surface area contributed by atoms with Gasteiger partial charge in [-0.25, -0.2) is 0 Å². The van der Waals surface area contributed by atoms with Crippen molar-refractivity contribution in [1.29, 1.82) is 0 Å². The van der Waals surface area contributed by atoms with E-state index in [9.17, 15) is 9.59 Å². The van der Waals surface area contributed by atoms with Crippen LogP contribution in [0.3, 0.4) is 0 Å². The zero-order valence-electron chi connectivity index (χ0n) is 10.2. The number of amides is 2. The molecule has 100 valence electrons. The van der Waals surface area contributed by atoms with Crippen LogP contribution in [0.4, 0.5) is 0 Å². The maximum atomic E-state index is 11.8. The highest BCUT2D eigenvalue weighted by Gasteiger charge is 2.33. The van der Waals surface area contributed by atoms with Gasteiger partial charge in [0.25, 0.3) is 0 Å². The van der Waals surface area contributed by atoms with Gasteiger partial charge in [0.05, 0.1) is 11.5 Å². The van der Waals surface area contributed by atoms with Crippen LogP contribution < -0.4 is 11.1 Å². The van der Waals surface area contributed by atoms with E-state index in [4.69, 9.17) is 5.73 Å². The number of nitrogens with one attached hydrogen (secondary N) is 1. The van der Waals surface area contributed by atoms with Gasteiger partial charge >= 0.3 is 11.8 Å². The molecule has 1 saturated carbocycles. The average Bonchev–Trinajstić information content (AvgIpc) is 3.19. The monoisotopic (exact) mass is 270 g/mol. The van der Waals surface area contributed by atoms with Crippen LogP contribution in [0.2, 0.25) is 0 Å². The van der Waals surface area contributed by atoms with Crippen LogP contribution in [0.25, 0.3) is 0 Å². The number of hydrogen-bond donors (Lipinski definition) is 2. The Morgan fingerprint density at radius 2 is 1.83 bits per heavy atom. The first-order valence-electron chi connectivity index (χ1n) is 6.17. The molecular formula is C11H18N4O2S. The Bertz CT molecular complexity index is 362. The number of nitrogens with zero attached hydrogens (tertiary/aromatic N) is 2. The second-order valence-electron chi connectivity index (χ2n) is 4.71. The second kappa shape index (κ2) is 5.62. The summed E-state index contributed by atoms with van der Waals surface area (Å²) in [5.74, 6) is -1.11. The third-order valence-corrected chi connectivity index (χ3v) is 3.43. The minimum atomic E-state index is -0.623. The van der Waals surface area contributed by atoms with Crippen molar-refractivity contribution in [3.8, 4) is 0 Å². The van der Waals surface area contributed by atoms with Crippen LogP contribution in [0.1, 0.15) is 12.8 Å². The fourth-order valence-electron chi connectivity index (χ4n) is 2.12. The van der Waals surface area contributed by atoms with Crippen LogP contribution in [0.15, 0.2) is 0 Å². The summed E-state index contributed by atoms with van der Waals surface area (Å²) in [4.78, 5) is 27.5. The van der Waals surface area contributed by atoms with E-state index in [-0.39, 0.29) is 11.5 Å². The van der Waals surface area contributed by atoms with Crippen molar-refractivity contribution in [2.24, 2.45) is 5.73 Å². The van der Waals surface area contributed by atoms with Gasteiger partial charge in [-0.2, -0.15) is 0 Å². The summed E-state index contributed by atoms with van der Waals surface area (Å²) in [5, 5.41) is 2.42. The van der Waals surface area contributed by atoms with Gasteiger partial charge in [-0.05, 0) is 12.8 Å². The molecule has 1 aliphatic carbocycles. The molecule has 2 rings (SSSR count). The molecule has 1 saturated heterocycles. The minimum Gasteiger partial charge on any atom is -0.392 e. The molecule has 0 unspecified atom stereocenters. The predicted molar refractivity (Wildman–Crippen MR) is 71.0 cm³/mol. The fourth-order valence-corrected chi connectivity index (χ4v) is 2.19. The molecule has 1 aliphatic heterocycles. The van der Waals surface area contributed by atoms with Crippen molar-refractivity contribution in [1.82, 2.24) is 15.1 Å². The topological polar surface area (TPSA) is 78.7 Å². The van der Waals surface area contributed by atoms with Crippen LogP contribution in [-0.2, 0) is 9.59 Å². The van der Waals surface area contributed by atoms with Gasteiger partial charge in [-0.1, -0.05) is 12.2 Å². The summed E-state index contributed by atoms with van der Waals surface area (Å²) in [6.45, 7) is 3.03. The highest BCUT2D eigenvalue weighted by Crippen LogP contribution is 2.27. The Kier molecular flexibility index (Phi) is 4.13. The first-order chi connectivity index (χ1) is 8.58. The van der Waals surface area contributed by atoms with Crippen molar-refractivity contribution in [2.75, 3.05) is 32.7 Å². The summed E-state index contributed by atoms with van der Waals surface area (Å²) in [6.07, 6.45) is 2.53. The smallest absolute Gasteiger partial charge is 0.311 e. The van der Waals surface area contributed by atoms with Crippen molar-refractivity contribution in [2.45, 2.75) is 18.9 Å². The van der Waals surface area contributed by atoms with E-state index >= 15 is 0 Å². The van der Waals surface area contributed by atoms with Crippen LogP contribution in [-0.4, -0.2) is 65.4 Å². The molecule has 0 aromatic heterocycles. The Morgan fingerprint density at radius 1 is 1.22 bits per heavy atom. The van der Waals surface area contributed by atoms with Crippen molar-refractivity contribution in [3.63, 3.8) is 0 Å². The van der Waals surface area contributed by atoms with E-state index in [2.05, 4.69) is 22.4 Å². The number of nitrogens with two attached hydrogens (primary N) is 1. The lowest BCUT2D eigenvalue weighted by Gasteiger charge is -2.34. The van der Waals surface area contributed by atoms with Gasteiger partial charge in [0, 0.05) is 32.2 Å². The number of rotatable bonds is 3. The van der Waals surface area contributed by atoms with Crippen molar-refractivity contribution >= 4 is 29.0 Å². The SMILES string of the molecule is NC(=S)CNC(=O)C(=O)N1CCN(C2CC2)CC1. The zero-order chi connectivity index (χ0) is 13.1. The fraction of sp³-hybridized carbons (Fsp3) is 0.727. The largest absolute Gasteiger partial charge is 0.392 e. The maximum Gasteiger partial charge on any atom is 0.311 e. The summed E-state index contributed by atoms with van der Waals surface area (Å²) < 4.78 is 0. The number of carbonyl (C=O) groups is 2. The van der Waals surface area contributed by atoms with E-state index < -0.39 is 11.8 Å². The molecule has 0 spiro atoms. The molecule has 0 aromatic carbocycles. The summed E-state index contributed by atoms with van der Waals surface area (Å²) in [7, 11) is 0. The van der Waals surface area contributed by atoms with E-state index in [1.807, 2.05) is 0 Å². The zero-order valence-corrected chi connectivity index (χ0v) is 11.0. The Balaban J connectivity index is 1.75. The molecule has 2 fully saturated rings. The molecular weight excluding hydrogens is 252 g/mol. The second-order valence-corrected chi connectivity index (χ2v) is 5.23. The number of piperazine rings is 1. The Labute approximate surface area is 111 Å². The molecule has 7 heteroatoms. The van der Waals surface area contributed by atoms with Crippen LogP contribution in [0.5, 0.6) is 0 Å². The van der Waals surface area contributed by atoms with Gasteiger partial charge < -0.3 is 16.0 Å². The van der Waals surface area contributed by atoms with Gasteiger partial charge in [0.1, 0.15) is 0 Å². The lowest BCUT2D eigenvalue weighted by molar-refractivity contribution is -0.146. The standard InChI is InChI=1S/C11H18N4O2S/c12-9(18)7-13-10(16)11(17)15-5-3-14(4-6-15)8-1-2-8/h8H,1-7H2,(H2,12,18)(H,13,16). The lowest BCUT2D eigenvalue weighted by Crippen LogP contribution is -2.53. The molecule has 2 aliphatic rings. The van der Waals surface area contributed by atoms with E-state index in [1.165, 1.54) is 12.8 Å². The Morgan fingerprint density at radius 3 is 2.33 bits per heavy atom. The normalized spacial score (nSPS) is 20.6. The van der Waals surface area contributed by atoms with E-state index in [0.717, 1.165) is 13.1 Å². The van der Waals surface area contributed by atoms with Crippen molar-refractivity contribution < 1.29 is 9.59 Å². The molecule has 0 bridgehead atoms. The predicted octanol–water partition coefficient (Wildman–Crippen LogP) is -1.30. The highest BCUT2D eigenvalue weighted by molar-refractivity contribution is 7.80. The van der Waals surface area contributed by atoms with Gasteiger partial charge in [0.15, 0.2) is 0 Å². The molecule has 18 heavy (non-hydrogen) atoms. The molecule has 3 N–H and O–H groups in total. The first kappa shape index (κ1) is 13.2. The number of thiocarbonyl (C=S) groups is 1. The summed E-state index contributed by atoms with van der Waals surface area (Å²) >= 11 is 4.64. The highest BCUT2D eigenvalue weighted by atomic mass is 32.1. The van der Waals surface area contributed by atoms with Gasteiger partial charge in [-0.15, -0.1) is 0 Å². The maximum absolute atomic E-state index is 11.8. The molecule has 1 heterocycles. The molecule has 0 radical (unpaired) electrons. The quantitative estimate of drug-likeness (QED) is 0.492. The third-order valence-electron chi connectivity index (χ3n) is 3.28. The van der Waals surface area contributed by atoms with E-state index in [1.54, 1.807) is 4.90 Å². The number of hydrogen-bond acceptors (Lipinski definition) is 4. The first-order valence-corrected chi connectivity index (χ1v) is 6.58. The van der Waals surface area contributed by atoms with Gasteiger partial charge in [-0.3, -0.25) is 14.5 Å². The van der Waals surface area contributed by atoms with Crippen LogP contribution in [0, 0.1) is 0 Å². The summed E-state index contributed by atoms with van der Waals surface area (Å²) in [6, 6.07) is 0.714. The molecule has 0 aromatic rings. The Hall–Kier alpha value is -1.21. The van der Waals surface area contributed by atoms with Gasteiger partial charge in [0.2, 0.25) is 0 Å². The third kappa shape index (κ3) is 3.39. The molecule has 0 atom stereocenters. The van der Waals surface area contributed by atoms with Crippen molar-refractivity contribution in [3.05, 3.63) is 0 Å². The van der Waals surface area contributed by atoms with E-state index in [0.29, 0.717) is 19.1 Å². The minimum absolute atomic E-state index is 0.0714. The average molecular weight is 270 g/mol. The number of carbonyl (C=O) groups excluding carboxylic acids is 2. The summed E-state index contributed by atoms with van der Waals surface area (Å²) in [5.41, 5.74) is 5.26. The van der Waals surface area contributed by atoms with Crippen LogP contribution >= 0.6 is 12.2 Å². The molecule has 6 nitrogen and oxygen atoms in total. The lowest BCUT2D eigenvalue weighted by atomic mass is 10.3.